The lowest BCUT2D eigenvalue weighted by atomic mass is 9.91. The maximum atomic E-state index is 12.8. The minimum Gasteiger partial charge on any atom is -0.478 e. The number of piperidine rings is 1. The third-order valence-electron chi connectivity index (χ3n) is 4.93. The summed E-state index contributed by atoms with van der Waals surface area (Å²) in [6, 6.07) is 8.16. The fourth-order valence-electron chi connectivity index (χ4n) is 3.46. The Balaban J connectivity index is 1.56. The molecule has 0 aromatic carbocycles. The van der Waals surface area contributed by atoms with E-state index in [1.54, 1.807) is 36.8 Å². The van der Waals surface area contributed by atoms with Gasteiger partial charge in [-0.05, 0) is 43.2 Å². The van der Waals surface area contributed by atoms with Gasteiger partial charge in [-0.1, -0.05) is 0 Å². The van der Waals surface area contributed by atoms with Crippen LogP contribution >= 0.6 is 0 Å². The molecule has 1 aliphatic rings. The number of rotatable bonds is 5. The van der Waals surface area contributed by atoms with E-state index in [0.29, 0.717) is 29.4 Å². The number of pyridine rings is 2. The fraction of sp³-hybridized carbons (Fsp3) is 0.238. The molecule has 0 spiro atoms. The molecule has 1 atom stereocenters. The van der Waals surface area contributed by atoms with Crippen molar-refractivity contribution in [2.24, 2.45) is 5.92 Å². The molecule has 146 valence electrons. The van der Waals surface area contributed by atoms with E-state index in [9.17, 15) is 14.7 Å². The molecule has 0 radical (unpaired) electrons. The Kier molecular flexibility index (Phi) is 5.24. The number of hydrogen-bond acceptors (Lipinski definition) is 7. The summed E-state index contributed by atoms with van der Waals surface area (Å²) in [5.74, 6) is -0.576. The van der Waals surface area contributed by atoms with Crippen LogP contribution in [-0.4, -0.2) is 49.9 Å². The molecule has 4 heterocycles. The predicted molar refractivity (Wildman–Crippen MR) is 106 cm³/mol. The molecule has 0 saturated carbocycles. The van der Waals surface area contributed by atoms with E-state index in [-0.39, 0.29) is 17.3 Å². The lowest BCUT2D eigenvalue weighted by Crippen LogP contribution is -2.39. The molecule has 1 fully saturated rings. The maximum Gasteiger partial charge on any atom is 0.335 e. The normalized spacial score (nSPS) is 16.4. The highest BCUT2D eigenvalue weighted by Crippen LogP contribution is 2.25. The quantitative estimate of drug-likeness (QED) is 0.664. The van der Waals surface area contributed by atoms with E-state index in [1.165, 1.54) is 18.3 Å². The van der Waals surface area contributed by atoms with Gasteiger partial charge in [0.15, 0.2) is 5.78 Å². The van der Waals surface area contributed by atoms with E-state index in [0.717, 1.165) is 19.4 Å². The predicted octanol–water partition coefficient (Wildman–Crippen LogP) is 2.73. The molecule has 8 heteroatoms. The van der Waals surface area contributed by atoms with Crippen LogP contribution in [-0.2, 0) is 0 Å². The summed E-state index contributed by atoms with van der Waals surface area (Å²) in [6.07, 6.45) is 7.99. The zero-order valence-electron chi connectivity index (χ0n) is 15.6. The minimum atomic E-state index is -1.02. The van der Waals surface area contributed by atoms with Crippen molar-refractivity contribution in [3.05, 3.63) is 66.2 Å². The highest BCUT2D eigenvalue weighted by atomic mass is 16.4. The van der Waals surface area contributed by atoms with Crippen LogP contribution in [0.4, 0.5) is 5.95 Å². The van der Waals surface area contributed by atoms with Crippen LogP contribution < -0.4 is 4.90 Å². The van der Waals surface area contributed by atoms with Gasteiger partial charge in [0.2, 0.25) is 5.95 Å². The zero-order chi connectivity index (χ0) is 20.2. The average molecular weight is 389 g/mol. The van der Waals surface area contributed by atoms with Crippen molar-refractivity contribution in [2.75, 3.05) is 18.0 Å². The monoisotopic (exact) mass is 389 g/mol. The van der Waals surface area contributed by atoms with Crippen LogP contribution in [0.2, 0.25) is 0 Å². The largest absolute Gasteiger partial charge is 0.478 e. The average Bonchev–Trinajstić information content (AvgIpc) is 2.79. The molecule has 0 aliphatic carbocycles. The van der Waals surface area contributed by atoms with Crippen molar-refractivity contribution in [3.8, 4) is 11.4 Å². The molecule has 0 unspecified atom stereocenters. The lowest BCUT2D eigenvalue weighted by Gasteiger charge is -2.32. The topological polar surface area (TPSA) is 109 Å². The molecule has 1 aliphatic heterocycles. The zero-order valence-corrected chi connectivity index (χ0v) is 15.6. The number of ketones is 1. The number of aromatic carboxylic acids is 1. The molecule has 29 heavy (non-hydrogen) atoms. The van der Waals surface area contributed by atoms with Gasteiger partial charge >= 0.3 is 5.97 Å². The Hall–Kier alpha value is -3.68. The van der Waals surface area contributed by atoms with Gasteiger partial charge in [0.05, 0.1) is 17.0 Å². The van der Waals surface area contributed by atoms with Gasteiger partial charge in [-0.3, -0.25) is 14.8 Å². The maximum absolute atomic E-state index is 12.8. The van der Waals surface area contributed by atoms with Crippen LogP contribution in [0.1, 0.15) is 33.6 Å². The third-order valence-corrected chi connectivity index (χ3v) is 4.93. The minimum absolute atomic E-state index is 0.0785. The molecule has 1 saturated heterocycles. The summed E-state index contributed by atoms with van der Waals surface area (Å²) in [5, 5.41) is 9.18. The number of hydrogen-bond donors (Lipinski definition) is 1. The second kappa shape index (κ2) is 8.14. The van der Waals surface area contributed by atoms with Crippen molar-refractivity contribution in [1.29, 1.82) is 0 Å². The van der Waals surface area contributed by atoms with Crippen LogP contribution in [0.25, 0.3) is 11.4 Å². The summed E-state index contributed by atoms with van der Waals surface area (Å²) >= 11 is 0. The van der Waals surface area contributed by atoms with Gasteiger partial charge < -0.3 is 10.0 Å². The molecule has 1 N–H and O–H groups in total. The first kappa shape index (κ1) is 18.7. The van der Waals surface area contributed by atoms with Crippen LogP contribution in [0.5, 0.6) is 0 Å². The van der Waals surface area contributed by atoms with Gasteiger partial charge in [-0.25, -0.2) is 14.8 Å². The second-order valence-corrected chi connectivity index (χ2v) is 6.87. The van der Waals surface area contributed by atoms with E-state index in [2.05, 4.69) is 19.9 Å². The standard InChI is InChI=1S/C21H19N5O3/c27-19(15-3-1-7-22-12-15)16-4-2-10-26(13-16)21-24-9-6-17(25-21)18-11-14(20(28)29)5-8-23-18/h1,3,5-9,11-12,16H,2,4,10,13H2,(H,28,29)/t16-/m0/s1. The second-order valence-electron chi connectivity index (χ2n) is 6.87. The van der Waals surface area contributed by atoms with Crippen molar-refractivity contribution in [2.45, 2.75) is 12.8 Å². The highest BCUT2D eigenvalue weighted by Gasteiger charge is 2.28. The summed E-state index contributed by atoms with van der Waals surface area (Å²) in [7, 11) is 0. The smallest absolute Gasteiger partial charge is 0.335 e. The Morgan fingerprint density at radius 1 is 1.03 bits per heavy atom. The molecule has 0 amide bonds. The Morgan fingerprint density at radius 2 is 1.90 bits per heavy atom. The van der Waals surface area contributed by atoms with E-state index in [4.69, 9.17) is 0 Å². The van der Waals surface area contributed by atoms with Crippen molar-refractivity contribution in [3.63, 3.8) is 0 Å². The van der Waals surface area contributed by atoms with Crippen molar-refractivity contribution in [1.82, 2.24) is 19.9 Å². The summed E-state index contributed by atoms with van der Waals surface area (Å²) < 4.78 is 0. The fourth-order valence-corrected chi connectivity index (χ4v) is 3.46. The van der Waals surface area contributed by atoms with E-state index >= 15 is 0 Å². The molecular weight excluding hydrogens is 370 g/mol. The van der Waals surface area contributed by atoms with Crippen LogP contribution in [0.3, 0.4) is 0 Å². The summed E-state index contributed by atoms with van der Waals surface area (Å²) in [6.45, 7) is 1.28. The molecule has 3 aromatic heterocycles. The lowest BCUT2D eigenvalue weighted by molar-refractivity contribution is 0.0696. The molecular formula is C21H19N5O3. The molecule has 4 rings (SSSR count). The number of carbonyl (C=O) groups excluding carboxylic acids is 1. The highest BCUT2D eigenvalue weighted by molar-refractivity contribution is 5.98. The van der Waals surface area contributed by atoms with E-state index in [1.807, 2.05) is 4.90 Å². The summed E-state index contributed by atoms with van der Waals surface area (Å²) in [4.78, 5) is 43.2. The Labute approximate surface area is 167 Å². The summed E-state index contributed by atoms with van der Waals surface area (Å²) in [5.41, 5.74) is 1.77. The van der Waals surface area contributed by atoms with Crippen molar-refractivity contribution < 1.29 is 14.7 Å². The van der Waals surface area contributed by atoms with Gasteiger partial charge in [-0.15, -0.1) is 0 Å². The third kappa shape index (κ3) is 4.11. The first-order valence-electron chi connectivity index (χ1n) is 9.34. The number of carboxylic acids is 1. The van der Waals surface area contributed by atoms with Gasteiger partial charge in [0.25, 0.3) is 0 Å². The van der Waals surface area contributed by atoms with E-state index < -0.39 is 5.97 Å². The first-order chi connectivity index (χ1) is 14.1. The molecule has 3 aromatic rings. The number of Topliss-reactive ketones (excluding diaryl/α,β-unsaturated/α-hetero) is 1. The van der Waals surface area contributed by atoms with Gasteiger partial charge in [0.1, 0.15) is 0 Å². The Bertz CT molecular complexity index is 1040. The van der Waals surface area contributed by atoms with Crippen LogP contribution in [0.15, 0.2) is 55.1 Å². The van der Waals surface area contributed by atoms with Crippen LogP contribution in [0, 0.1) is 5.92 Å². The molecule has 0 bridgehead atoms. The number of anilines is 1. The van der Waals surface area contributed by atoms with Crippen molar-refractivity contribution >= 4 is 17.7 Å². The Morgan fingerprint density at radius 3 is 2.69 bits per heavy atom. The first-order valence-corrected chi connectivity index (χ1v) is 9.34. The number of nitrogens with zero attached hydrogens (tertiary/aromatic N) is 5. The number of aromatic nitrogens is 4. The van der Waals surface area contributed by atoms with Gasteiger partial charge in [-0.2, -0.15) is 0 Å². The van der Waals surface area contributed by atoms with Gasteiger partial charge in [0, 0.05) is 49.4 Å². The number of carboxylic acid groups (broad SMARTS) is 1. The molecule has 8 nitrogen and oxygen atoms in total. The number of carbonyl (C=O) groups is 2. The SMILES string of the molecule is O=C(O)c1ccnc(-c2ccnc(N3CCC[C@H](C(=O)c4cccnc4)C3)n2)c1.